The highest BCUT2D eigenvalue weighted by Gasteiger charge is 2.32. The van der Waals surface area contributed by atoms with Crippen molar-refractivity contribution in [2.45, 2.75) is 38.0 Å². The summed E-state index contributed by atoms with van der Waals surface area (Å²) in [5.41, 5.74) is 1.14. The predicted octanol–water partition coefficient (Wildman–Crippen LogP) is 4.08. The quantitative estimate of drug-likeness (QED) is 0.676. The van der Waals surface area contributed by atoms with Gasteiger partial charge in [0, 0.05) is 29.7 Å². The minimum Gasteiger partial charge on any atom is -0.310 e. The van der Waals surface area contributed by atoms with Gasteiger partial charge in [0.05, 0.1) is 4.90 Å². The molecule has 1 aliphatic heterocycles. The van der Waals surface area contributed by atoms with Gasteiger partial charge in [0.15, 0.2) is 0 Å². The number of halogens is 1. The van der Waals surface area contributed by atoms with Gasteiger partial charge in [-0.25, -0.2) is 13.4 Å². The highest BCUT2D eigenvalue weighted by atomic mass is 79.9. The van der Waals surface area contributed by atoms with Gasteiger partial charge >= 0.3 is 0 Å². The van der Waals surface area contributed by atoms with Crippen LogP contribution >= 0.6 is 15.9 Å². The van der Waals surface area contributed by atoms with Crippen LogP contribution in [0.2, 0.25) is 0 Å². The lowest BCUT2D eigenvalue weighted by molar-refractivity contribution is -0.120. The summed E-state index contributed by atoms with van der Waals surface area (Å²) in [5.74, 6) is 0.681. The Kier molecular flexibility index (Phi) is 7.08. The van der Waals surface area contributed by atoms with Gasteiger partial charge in [-0.15, -0.1) is 0 Å². The van der Waals surface area contributed by atoms with Gasteiger partial charge in [-0.3, -0.25) is 4.79 Å². The third-order valence-corrected chi connectivity index (χ3v) is 7.39. The average molecular weight is 480 g/mol. The van der Waals surface area contributed by atoms with Gasteiger partial charge in [-0.2, -0.15) is 4.31 Å². The van der Waals surface area contributed by atoms with Gasteiger partial charge in [-0.1, -0.05) is 26.0 Å². The van der Waals surface area contributed by atoms with Gasteiger partial charge in [0.25, 0.3) is 0 Å². The average Bonchev–Trinajstić information content (AvgIpc) is 2.70. The Hall–Kier alpha value is -1.77. The number of aromatic nitrogens is 1. The van der Waals surface area contributed by atoms with Crippen LogP contribution in [-0.2, 0) is 21.2 Å². The Balaban J connectivity index is 1.58. The van der Waals surface area contributed by atoms with Crippen LogP contribution in [-0.4, -0.2) is 36.7 Å². The Labute approximate surface area is 180 Å². The van der Waals surface area contributed by atoms with Gasteiger partial charge in [0.1, 0.15) is 5.82 Å². The van der Waals surface area contributed by atoms with Crippen LogP contribution in [0, 0.1) is 11.8 Å². The zero-order valence-corrected chi connectivity index (χ0v) is 19.0. The van der Waals surface area contributed by atoms with Gasteiger partial charge < -0.3 is 5.32 Å². The molecule has 0 radical (unpaired) electrons. The first-order chi connectivity index (χ1) is 13.8. The van der Waals surface area contributed by atoms with E-state index in [9.17, 15) is 13.2 Å². The topological polar surface area (TPSA) is 79.4 Å². The van der Waals surface area contributed by atoms with Crippen molar-refractivity contribution >= 4 is 37.7 Å². The molecule has 0 aliphatic carbocycles. The largest absolute Gasteiger partial charge is 0.310 e. The SMILES string of the molecule is CC(C)Cc1ccc(S(=O)(=O)N2CCC(C(=O)Nc3ccc(Br)cn3)CC2)cc1. The molecule has 1 N–H and O–H groups in total. The van der Waals surface area contributed by atoms with Crippen LogP contribution in [0.5, 0.6) is 0 Å². The molecular formula is C21H26BrN3O3S. The summed E-state index contributed by atoms with van der Waals surface area (Å²) in [6.07, 6.45) is 3.53. The number of hydrogen-bond donors (Lipinski definition) is 1. The smallest absolute Gasteiger partial charge is 0.243 e. The Morgan fingerprint density at radius 3 is 2.38 bits per heavy atom. The molecule has 1 aromatic carbocycles. The number of piperidine rings is 1. The van der Waals surface area contributed by atoms with Crippen LogP contribution in [0.3, 0.4) is 0 Å². The second-order valence-corrected chi connectivity index (χ2v) is 10.6. The number of anilines is 1. The van der Waals surface area contributed by atoms with Gasteiger partial charge in [-0.05, 0) is 70.9 Å². The molecule has 1 fully saturated rings. The molecule has 1 aliphatic rings. The molecule has 0 atom stereocenters. The first-order valence-electron chi connectivity index (χ1n) is 9.77. The summed E-state index contributed by atoms with van der Waals surface area (Å²) in [6.45, 7) is 4.94. The summed E-state index contributed by atoms with van der Waals surface area (Å²) < 4.78 is 28.2. The fourth-order valence-corrected chi connectivity index (χ4v) is 5.16. The summed E-state index contributed by atoms with van der Waals surface area (Å²) in [6, 6.07) is 10.7. The Morgan fingerprint density at radius 1 is 1.17 bits per heavy atom. The summed E-state index contributed by atoms with van der Waals surface area (Å²) in [4.78, 5) is 16.9. The second kappa shape index (κ2) is 9.36. The van der Waals surface area contributed by atoms with Crippen LogP contribution in [0.4, 0.5) is 5.82 Å². The van der Waals surface area contributed by atoms with Crippen LogP contribution in [0.25, 0.3) is 0 Å². The van der Waals surface area contributed by atoms with E-state index in [1.165, 1.54) is 4.31 Å². The number of sulfonamides is 1. The number of nitrogens with zero attached hydrogens (tertiary/aromatic N) is 2. The molecule has 1 aromatic heterocycles. The van der Waals surface area contributed by atoms with Crippen molar-refractivity contribution in [3.05, 3.63) is 52.6 Å². The molecule has 8 heteroatoms. The summed E-state index contributed by atoms with van der Waals surface area (Å²) in [7, 11) is -3.54. The molecule has 29 heavy (non-hydrogen) atoms. The number of benzene rings is 1. The van der Waals surface area contributed by atoms with Crippen LogP contribution < -0.4 is 5.32 Å². The lowest BCUT2D eigenvalue weighted by Gasteiger charge is -2.30. The molecule has 1 saturated heterocycles. The third kappa shape index (κ3) is 5.65. The minimum atomic E-state index is -3.54. The highest BCUT2D eigenvalue weighted by molar-refractivity contribution is 9.10. The first-order valence-corrected chi connectivity index (χ1v) is 12.0. The van der Waals surface area contributed by atoms with Crippen molar-refractivity contribution in [3.63, 3.8) is 0 Å². The monoisotopic (exact) mass is 479 g/mol. The number of amides is 1. The molecule has 0 unspecified atom stereocenters. The van der Waals surface area contributed by atoms with E-state index in [1.54, 1.807) is 24.4 Å². The zero-order chi connectivity index (χ0) is 21.0. The van der Waals surface area contributed by atoms with Crippen molar-refractivity contribution in [2.24, 2.45) is 11.8 Å². The van der Waals surface area contributed by atoms with E-state index in [2.05, 4.69) is 40.1 Å². The summed E-state index contributed by atoms with van der Waals surface area (Å²) >= 11 is 3.31. The zero-order valence-electron chi connectivity index (χ0n) is 16.6. The van der Waals surface area contributed by atoms with Crippen LogP contribution in [0.15, 0.2) is 52.0 Å². The molecule has 3 rings (SSSR count). The number of hydrogen-bond acceptors (Lipinski definition) is 4. The Bertz CT molecular complexity index is 936. The number of carbonyl (C=O) groups excluding carboxylic acids is 1. The van der Waals surface area contributed by atoms with Crippen molar-refractivity contribution in [3.8, 4) is 0 Å². The van der Waals surface area contributed by atoms with Crippen molar-refractivity contribution in [1.29, 1.82) is 0 Å². The first kappa shape index (κ1) is 21.9. The molecule has 156 valence electrons. The fraction of sp³-hybridized carbons (Fsp3) is 0.429. The second-order valence-electron chi connectivity index (χ2n) is 7.77. The van der Waals surface area contributed by atoms with E-state index in [4.69, 9.17) is 0 Å². The molecule has 0 saturated carbocycles. The van der Waals surface area contributed by atoms with Gasteiger partial charge in [0.2, 0.25) is 15.9 Å². The maximum Gasteiger partial charge on any atom is 0.243 e. The van der Waals surface area contributed by atoms with Crippen molar-refractivity contribution in [2.75, 3.05) is 18.4 Å². The lowest BCUT2D eigenvalue weighted by Crippen LogP contribution is -2.41. The fourth-order valence-electron chi connectivity index (χ4n) is 3.45. The molecule has 2 heterocycles. The van der Waals surface area contributed by atoms with E-state index < -0.39 is 10.0 Å². The highest BCUT2D eigenvalue weighted by Crippen LogP contribution is 2.25. The Morgan fingerprint density at radius 2 is 1.83 bits per heavy atom. The minimum absolute atomic E-state index is 0.116. The van der Waals surface area contributed by atoms with E-state index in [1.807, 2.05) is 18.2 Å². The van der Waals surface area contributed by atoms with Crippen molar-refractivity contribution in [1.82, 2.24) is 9.29 Å². The molecule has 0 bridgehead atoms. The predicted molar refractivity (Wildman–Crippen MR) is 117 cm³/mol. The lowest BCUT2D eigenvalue weighted by atomic mass is 9.97. The van der Waals surface area contributed by atoms with Crippen LogP contribution in [0.1, 0.15) is 32.3 Å². The molecular weight excluding hydrogens is 454 g/mol. The third-order valence-electron chi connectivity index (χ3n) is 5.01. The van der Waals surface area contributed by atoms with E-state index in [0.717, 1.165) is 16.5 Å². The normalized spacial score (nSPS) is 16.1. The van der Waals surface area contributed by atoms with E-state index in [0.29, 0.717) is 42.6 Å². The number of carbonyl (C=O) groups is 1. The standard InChI is InChI=1S/C21H26BrN3O3S/c1-15(2)13-16-3-6-19(7-4-16)29(27,28)25-11-9-17(10-12-25)21(26)24-20-8-5-18(22)14-23-20/h3-8,14-15,17H,9-13H2,1-2H3,(H,23,24,26). The number of nitrogens with one attached hydrogen (secondary N) is 1. The van der Waals surface area contributed by atoms with Crippen molar-refractivity contribution < 1.29 is 13.2 Å². The molecule has 0 spiro atoms. The molecule has 1 amide bonds. The number of rotatable bonds is 6. The number of pyridine rings is 1. The summed E-state index contributed by atoms with van der Waals surface area (Å²) in [5, 5.41) is 2.81. The molecule has 6 nitrogen and oxygen atoms in total. The van der Waals surface area contributed by atoms with E-state index in [-0.39, 0.29) is 11.8 Å². The molecule has 2 aromatic rings. The maximum absolute atomic E-state index is 12.9. The maximum atomic E-state index is 12.9. The van der Waals surface area contributed by atoms with E-state index >= 15 is 0 Å².